The molecule has 0 aliphatic rings. The molecule has 0 bridgehead atoms. The Kier molecular flexibility index (Phi) is 5.70. The Labute approximate surface area is 114 Å². The first-order valence-corrected chi connectivity index (χ1v) is 5.53. The zero-order chi connectivity index (χ0) is 13.5. The Morgan fingerprint density at radius 3 is 2.61 bits per heavy atom. The van der Waals surface area contributed by atoms with E-state index in [1.54, 1.807) is 18.2 Å². The second-order valence-electron chi connectivity index (χ2n) is 3.04. The van der Waals surface area contributed by atoms with Crippen molar-refractivity contribution in [1.82, 2.24) is 5.06 Å². The maximum Gasteiger partial charge on any atom is 0.344 e. The maximum atomic E-state index is 11.0. The fourth-order valence-corrected chi connectivity index (χ4v) is 1.55. The summed E-state index contributed by atoms with van der Waals surface area (Å²) in [5.74, 6) is 0. The van der Waals surface area contributed by atoms with E-state index in [1.807, 2.05) is 0 Å². The lowest BCUT2D eigenvalue weighted by atomic mass is 10.2. The Hall–Kier alpha value is -1.50. The molecule has 2 N–H and O–H groups in total. The number of hydroxylamine groups is 2. The average molecular weight is 292 g/mol. The molecular weight excluding hydrogens is 281 g/mol. The van der Waals surface area contributed by atoms with Gasteiger partial charge in [-0.3, -0.25) is 4.84 Å². The molecular formula is C10H11Cl2N3O3. The Morgan fingerprint density at radius 2 is 2.11 bits per heavy atom. The van der Waals surface area contributed by atoms with Crippen LogP contribution in [0.15, 0.2) is 23.4 Å². The molecule has 6 nitrogen and oxygen atoms in total. The van der Waals surface area contributed by atoms with Crippen molar-refractivity contribution in [3.8, 4) is 0 Å². The predicted octanol–water partition coefficient (Wildman–Crippen LogP) is 2.40. The maximum absolute atomic E-state index is 11.0. The molecule has 0 fully saturated rings. The van der Waals surface area contributed by atoms with Crippen LogP contribution in [-0.4, -0.2) is 24.5 Å². The number of urea groups is 1. The number of hydrogen-bond donors (Lipinski definition) is 1. The number of carbonyl (C=O) groups excluding carboxylic acids is 1. The third-order valence-electron chi connectivity index (χ3n) is 1.88. The highest BCUT2D eigenvalue weighted by Gasteiger charge is 2.11. The molecule has 18 heavy (non-hydrogen) atoms. The quantitative estimate of drug-likeness (QED) is 0.514. The van der Waals surface area contributed by atoms with E-state index in [1.165, 1.54) is 7.11 Å². The first-order valence-electron chi connectivity index (χ1n) is 4.77. The van der Waals surface area contributed by atoms with Crippen molar-refractivity contribution in [2.24, 2.45) is 10.9 Å². The molecule has 0 spiro atoms. The van der Waals surface area contributed by atoms with Gasteiger partial charge in [0.2, 0.25) is 0 Å². The van der Waals surface area contributed by atoms with Gasteiger partial charge in [0.15, 0.2) is 6.34 Å². The van der Waals surface area contributed by atoms with E-state index < -0.39 is 6.03 Å². The number of benzene rings is 1. The number of nitrogens with zero attached hydrogens (tertiary/aromatic N) is 2. The standard InChI is InChI=1S/C10H11Cl2N3O3/c1-17-14-6-15(10(13)16)18-5-7-8(11)3-2-4-9(7)12/h2-4,6H,5H2,1H3,(H2,13,16). The van der Waals surface area contributed by atoms with Gasteiger partial charge in [-0.1, -0.05) is 34.4 Å². The molecule has 0 atom stereocenters. The highest BCUT2D eigenvalue weighted by atomic mass is 35.5. The van der Waals surface area contributed by atoms with Crippen molar-refractivity contribution in [3.63, 3.8) is 0 Å². The van der Waals surface area contributed by atoms with Crippen molar-refractivity contribution in [2.45, 2.75) is 6.61 Å². The lowest BCUT2D eigenvalue weighted by Gasteiger charge is -2.15. The van der Waals surface area contributed by atoms with Crippen LogP contribution in [0, 0.1) is 0 Å². The van der Waals surface area contributed by atoms with E-state index in [0.29, 0.717) is 20.7 Å². The van der Waals surface area contributed by atoms with Crippen molar-refractivity contribution >= 4 is 35.6 Å². The summed E-state index contributed by atoms with van der Waals surface area (Å²) >= 11 is 11.9. The molecule has 0 aliphatic heterocycles. The average Bonchev–Trinajstić information content (AvgIpc) is 2.31. The van der Waals surface area contributed by atoms with E-state index in [-0.39, 0.29) is 6.61 Å². The van der Waals surface area contributed by atoms with E-state index in [9.17, 15) is 4.79 Å². The molecule has 0 heterocycles. The van der Waals surface area contributed by atoms with E-state index in [0.717, 1.165) is 6.34 Å². The summed E-state index contributed by atoms with van der Waals surface area (Å²) < 4.78 is 0. The van der Waals surface area contributed by atoms with Crippen molar-refractivity contribution < 1.29 is 14.5 Å². The van der Waals surface area contributed by atoms with Gasteiger partial charge in [0.05, 0.1) is 0 Å². The van der Waals surface area contributed by atoms with Crippen LogP contribution in [0.2, 0.25) is 10.0 Å². The first-order chi connectivity index (χ1) is 8.56. The van der Waals surface area contributed by atoms with Gasteiger partial charge in [-0.25, -0.2) is 4.79 Å². The topological polar surface area (TPSA) is 77.2 Å². The summed E-state index contributed by atoms with van der Waals surface area (Å²) in [7, 11) is 1.32. The summed E-state index contributed by atoms with van der Waals surface area (Å²) in [6, 6.07) is 4.17. The molecule has 0 saturated carbocycles. The highest BCUT2D eigenvalue weighted by molar-refractivity contribution is 6.35. The summed E-state index contributed by atoms with van der Waals surface area (Å²) in [6.07, 6.45) is 0.993. The third-order valence-corrected chi connectivity index (χ3v) is 2.59. The minimum Gasteiger partial charge on any atom is -0.398 e. The van der Waals surface area contributed by atoms with Gasteiger partial charge >= 0.3 is 6.03 Å². The summed E-state index contributed by atoms with van der Waals surface area (Å²) in [6.45, 7) is -0.0306. The van der Waals surface area contributed by atoms with Gasteiger partial charge in [-0.15, -0.1) is 0 Å². The number of hydrogen-bond acceptors (Lipinski definition) is 4. The van der Waals surface area contributed by atoms with Crippen LogP contribution in [0.25, 0.3) is 0 Å². The van der Waals surface area contributed by atoms with Gasteiger partial charge in [-0.2, -0.15) is 5.06 Å². The second-order valence-corrected chi connectivity index (χ2v) is 3.86. The summed E-state index contributed by atoms with van der Waals surface area (Å²) in [5, 5.41) is 4.92. The van der Waals surface area contributed by atoms with Crippen LogP contribution in [0.4, 0.5) is 4.79 Å². The molecule has 1 aromatic carbocycles. The van der Waals surface area contributed by atoms with Crippen LogP contribution in [-0.2, 0) is 16.3 Å². The van der Waals surface area contributed by atoms with Crippen LogP contribution in [0.3, 0.4) is 0 Å². The third kappa shape index (κ3) is 4.06. The predicted molar refractivity (Wildman–Crippen MR) is 68.2 cm³/mol. The van der Waals surface area contributed by atoms with Gasteiger partial charge in [0, 0.05) is 15.6 Å². The molecule has 0 saturated heterocycles. The monoisotopic (exact) mass is 291 g/mol. The highest BCUT2D eigenvalue weighted by Crippen LogP contribution is 2.24. The summed E-state index contributed by atoms with van der Waals surface area (Å²) in [4.78, 5) is 20.5. The second kappa shape index (κ2) is 7.05. The number of rotatable bonds is 5. The van der Waals surface area contributed by atoms with Crippen LogP contribution < -0.4 is 5.73 Å². The number of nitrogens with two attached hydrogens (primary N) is 1. The van der Waals surface area contributed by atoms with Crippen molar-refractivity contribution in [3.05, 3.63) is 33.8 Å². The lowest BCUT2D eigenvalue weighted by molar-refractivity contribution is -0.0683. The molecule has 2 amide bonds. The van der Waals surface area contributed by atoms with Crippen LogP contribution in [0.5, 0.6) is 0 Å². The molecule has 1 rings (SSSR count). The number of carbonyl (C=O) groups is 1. The van der Waals surface area contributed by atoms with Crippen LogP contribution in [0.1, 0.15) is 5.56 Å². The Balaban J connectivity index is 2.73. The van der Waals surface area contributed by atoms with Crippen molar-refractivity contribution in [2.75, 3.05) is 7.11 Å². The molecule has 8 heteroatoms. The smallest absolute Gasteiger partial charge is 0.344 e. The van der Waals surface area contributed by atoms with E-state index in [2.05, 4.69) is 9.99 Å². The van der Waals surface area contributed by atoms with Crippen LogP contribution >= 0.6 is 23.2 Å². The molecule has 98 valence electrons. The van der Waals surface area contributed by atoms with Gasteiger partial charge in [-0.05, 0) is 12.1 Å². The SMILES string of the molecule is CON=CN(OCc1c(Cl)cccc1Cl)C(N)=O. The molecule has 0 unspecified atom stereocenters. The largest absolute Gasteiger partial charge is 0.398 e. The zero-order valence-corrected chi connectivity index (χ0v) is 11.0. The number of halogens is 2. The van der Waals surface area contributed by atoms with E-state index >= 15 is 0 Å². The number of amides is 2. The molecule has 0 aliphatic carbocycles. The van der Waals surface area contributed by atoms with E-state index in [4.69, 9.17) is 33.8 Å². The molecule has 0 radical (unpaired) electrons. The number of oxime groups is 1. The Morgan fingerprint density at radius 1 is 1.50 bits per heavy atom. The lowest BCUT2D eigenvalue weighted by Crippen LogP contribution is -2.34. The number of primary amides is 1. The summed E-state index contributed by atoms with van der Waals surface area (Å²) in [5.41, 5.74) is 5.61. The van der Waals surface area contributed by atoms with Gasteiger partial charge in [0.25, 0.3) is 0 Å². The minimum atomic E-state index is -0.848. The fourth-order valence-electron chi connectivity index (χ4n) is 1.05. The van der Waals surface area contributed by atoms with Crippen molar-refractivity contribution in [1.29, 1.82) is 0 Å². The van der Waals surface area contributed by atoms with Gasteiger partial charge < -0.3 is 10.6 Å². The molecule has 0 aromatic heterocycles. The minimum absolute atomic E-state index is 0.0306. The molecule has 1 aromatic rings. The normalized spacial score (nSPS) is 10.6. The Bertz CT molecular complexity index is 434. The fraction of sp³-hybridized carbons (Fsp3) is 0.200. The zero-order valence-electron chi connectivity index (χ0n) is 9.47. The van der Waals surface area contributed by atoms with Gasteiger partial charge in [0.1, 0.15) is 13.7 Å². The first kappa shape index (κ1) is 14.6.